The van der Waals surface area contributed by atoms with E-state index < -0.39 is 11.9 Å². The number of carboxylic acids is 1. The van der Waals surface area contributed by atoms with Crippen molar-refractivity contribution < 1.29 is 14.7 Å². The zero-order valence-corrected chi connectivity index (χ0v) is 9.92. The molecular formula is C10H14BrNO3. The summed E-state index contributed by atoms with van der Waals surface area (Å²) < 4.78 is 0.681. The molecule has 1 aliphatic carbocycles. The minimum atomic E-state index is -0.870. The second-order valence-corrected chi connectivity index (χ2v) is 4.84. The van der Waals surface area contributed by atoms with Gasteiger partial charge in [-0.3, -0.25) is 9.59 Å². The van der Waals surface area contributed by atoms with Crippen LogP contribution in [0.4, 0.5) is 0 Å². The summed E-state index contributed by atoms with van der Waals surface area (Å²) in [4.78, 5) is 22.5. The van der Waals surface area contributed by atoms with Crippen molar-refractivity contribution in [1.29, 1.82) is 0 Å². The Bertz CT molecular complexity index is 290. The van der Waals surface area contributed by atoms with E-state index in [0.29, 0.717) is 23.9 Å². The lowest BCUT2D eigenvalue weighted by Gasteiger charge is -2.15. The van der Waals surface area contributed by atoms with Gasteiger partial charge in [-0.2, -0.15) is 0 Å². The molecule has 1 aliphatic rings. The maximum Gasteiger partial charge on any atom is 0.307 e. The number of carboxylic acid groups (broad SMARTS) is 1. The SMILES string of the molecule is C=C(Br)CNC(=O)[C@@H]1CCC[C@@H]1C(=O)O. The molecule has 0 spiro atoms. The number of amides is 1. The Morgan fingerprint density at radius 2 is 2.00 bits per heavy atom. The van der Waals surface area contributed by atoms with Gasteiger partial charge in [0, 0.05) is 11.0 Å². The molecule has 5 heteroatoms. The summed E-state index contributed by atoms with van der Waals surface area (Å²) in [5.74, 6) is -1.95. The highest BCUT2D eigenvalue weighted by Crippen LogP contribution is 2.31. The summed E-state index contributed by atoms with van der Waals surface area (Å²) >= 11 is 3.13. The Hall–Kier alpha value is -0.840. The second-order valence-electron chi connectivity index (χ2n) is 3.72. The van der Waals surface area contributed by atoms with Crippen LogP contribution < -0.4 is 5.32 Å². The fourth-order valence-corrected chi connectivity index (χ4v) is 2.02. The van der Waals surface area contributed by atoms with E-state index in [1.807, 2.05) is 0 Å². The van der Waals surface area contributed by atoms with E-state index in [2.05, 4.69) is 27.8 Å². The summed E-state index contributed by atoms with van der Waals surface area (Å²) in [5, 5.41) is 11.6. The van der Waals surface area contributed by atoms with Gasteiger partial charge in [0.15, 0.2) is 0 Å². The Labute approximate surface area is 96.9 Å². The fraction of sp³-hybridized carbons (Fsp3) is 0.600. The molecule has 1 fully saturated rings. The van der Waals surface area contributed by atoms with Crippen LogP contribution in [0.3, 0.4) is 0 Å². The highest BCUT2D eigenvalue weighted by molar-refractivity contribution is 9.11. The molecule has 0 bridgehead atoms. The molecule has 0 heterocycles. The van der Waals surface area contributed by atoms with Gasteiger partial charge in [-0.05, 0) is 12.8 Å². The standard InChI is InChI=1S/C10H14BrNO3/c1-6(11)5-12-9(13)7-3-2-4-8(7)10(14)15/h7-8H,1-5H2,(H,12,13)(H,14,15)/t7-,8+/m1/s1. The van der Waals surface area contributed by atoms with E-state index in [1.54, 1.807) is 0 Å². The quantitative estimate of drug-likeness (QED) is 0.818. The van der Waals surface area contributed by atoms with Crippen LogP contribution in [-0.2, 0) is 9.59 Å². The van der Waals surface area contributed by atoms with E-state index in [1.165, 1.54) is 0 Å². The molecule has 0 unspecified atom stereocenters. The van der Waals surface area contributed by atoms with Crippen molar-refractivity contribution in [1.82, 2.24) is 5.32 Å². The van der Waals surface area contributed by atoms with E-state index in [4.69, 9.17) is 5.11 Å². The molecule has 0 aliphatic heterocycles. The predicted octanol–water partition coefficient (Wildman–Crippen LogP) is 1.51. The molecule has 1 rings (SSSR count). The van der Waals surface area contributed by atoms with E-state index in [9.17, 15) is 9.59 Å². The first-order chi connectivity index (χ1) is 7.02. The van der Waals surface area contributed by atoms with Crippen molar-refractivity contribution in [3.05, 3.63) is 11.1 Å². The molecule has 2 N–H and O–H groups in total. The van der Waals surface area contributed by atoms with Crippen LogP contribution >= 0.6 is 15.9 Å². The number of nitrogens with one attached hydrogen (secondary N) is 1. The van der Waals surface area contributed by atoms with E-state index in [0.717, 1.165) is 6.42 Å². The number of carbonyl (C=O) groups excluding carboxylic acids is 1. The van der Waals surface area contributed by atoms with E-state index in [-0.39, 0.29) is 11.8 Å². The van der Waals surface area contributed by atoms with Crippen LogP contribution in [0, 0.1) is 11.8 Å². The highest BCUT2D eigenvalue weighted by Gasteiger charge is 2.37. The molecule has 15 heavy (non-hydrogen) atoms. The smallest absolute Gasteiger partial charge is 0.307 e. The van der Waals surface area contributed by atoms with Gasteiger partial charge in [0.1, 0.15) is 0 Å². The lowest BCUT2D eigenvalue weighted by atomic mass is 9.95. The maximum atomic E-state index is 11.6. The number of hydrogen-bond acceptors (Lipinski definition) is 2. The van der Waals surface area contributed by atoms with Gasteiger partial charge in [-0.15, -0.1) is 0 Å². The summed E-state index contributed by atoms with van der Waals surface area (Å²) in [6.07, 6.45) is 2.07. The van der Waals surface area contributed by atoms with Crippen molar-refractivity contribution in [2.24, 2.45) is 11.8 Å². The molecule has 0 aromatic rings. The minimum absolute atomic E-state index is 0.180. The van der Waals surface area contributed by atoms with E-state index >= 15 is 0 Å². The van der Waals surface area contributed by atoms with Crippen molar-refractivity contribution in [3.63, 3.8) is 0 Å². The number of rotatable bonds is 4. The number of carbonyl (C=O) groups is 2. The first kappa shape index (κ1) is 12.2. The van der Waals surface area contributed by atoms with Gasteiger partial charge in [-0.25, -0.2) is 0 Å². The Morgan fingerprint density at radius 1 is 1.40 bits per heavy atom. The maximum absolute atomic E-state index is 11.6. The average molecular weight is 276 g/mol. The number of aliphatic carboxylic acids is 1. The normalized spacial score (nSPS) is 24.9. The number of halogens is 1. The van der Waals surface area contributed by atoms with Crippen molar-refractivity contribution in [2.75, 3.05) is 6.54 Å². The second kappa shape index (κ2) is 5.30. The molecule has 4 nitrogen and oxygen atoms in total. The van der Waals surface area contributed by atoms with Gasteiger partial charge in [0.2, 0.25) is 5.91 Å². The molecule has 1 amide bonds. The minimum Gasteiger partial charge on any atom is -0.481 e. The fourth-order valence-electron chi connectivity index (χ4n) is 1.88. The van der Waals surface area contributed by atoms with Gasteiger partial charge in [-0.1, -0.05) is 28.9 Å². The lowest BCUT2D eigenvalue weighted by Crippen LogP contribution is -2.35. The van der Waals surface area contributed by atoms with Crippen LogP contribution in [0.25, 0.3) is 0 Å². The van der Waals surface area contributed by atoms with Crippen molar-refractivity contribution >= 4 is 27.8 Å². The largest absolute Gasteiger partial charge is 0.481 e. The predicted molar refractivity (Wildman–Crippen MR) is 59.5 cm³/mol. The molecule has 0 radical (unpaired) electrons. The van der Waals surface area contributed by atoms with Crippen LogP contribution in [0.1, 0.15) is 19.3 Å². The third-order valence-corrected chi connectivity index (χ3v) is 2.90. The summed E-state index contributed by atoms with van der Waals surface area (Å²) in [7, 11) is 0. The summed E-state index contributed by atoms with van der Waals surface area (Å²) in [6.45, 7) is 3.94. The first-order valence-corrected chi connectivity index (χ1v) is 5.65. The zero-order valence-electron chi connectivity index (χ0n) is 8.33. The van der Waals surface area contributed by atoms with Gasteiger partial charge >= 0.3 is 5.97 Å². The topological polar surface area (TPSA) is 66.4 Å². The van der Waals surface area contributed by atoms with Gasteiger partial charge < -0.3 is 10.4 Å². The third-order valence-electron chi connectivity index (χ3n) is 2.62. The molecule has 84 valence electrons. The Morgan fingerprint density at radius 3 is 2.53 bits per heavy atom. The van der Waals surface area contributed by atoms with Crippen LogP contribution in [-0.4, -0.2) is 23.5 Å². The van der Waals surface area contributed by atoms with Crippen molar-refractivity contribution in [2.45, 2.75) is 19.3 Å². The van der Waals surface area contributed by atoms with Crippen LogP contribution in [0.15, 0.2) is 11.1 Å². The average Bonchev–Trinajstić information content (AvgIpc) is 2.62. The molecular weight excluding hydrogens is 262 g/mol. The lowest BCUT2D eigenvalue weighted by molar-refractivity contribution is -0.146. The monoisotopic (exact) mass is 275 g/mol. The van der Waals surface area contributed by atoms with Gasteiger partial charge in [0.25, 0.3) is 0 Å². The molecule has 0 saturated heterocycles. The van der Waals surface area contributed by atoms with Gasteiger partial charge in [0.05, 0.1) is 11.8 Å². The molecule has 2 atom stereocenters. The number of hydrogen-bond donors (Lipinski definition) is 2. The molecule has 0 aromatic carbocycles. The third kappa shape index (κ3) is 3.34. The first-order valence-electron chi connectivity index (χ1n) is 4.86. The zero-order chi connectivity index (χ0) is 11.4. The Balaban J connectivity index is 2.51. The summed E-state index contributed by atoms with van der Waals surface area (Å²) in [6, 6.07) is 0. The van der Waals surface area contributed by atoms with Crippen molar-refractivity contribution in [3.8, 4) is 0 Å². The Kier molecular flexibility index (Phi) is 4.32. The molecule has 1 saturated carbocycles. The summed E-state index contributed by atoms with van der Waals surface area (Å²) in [5.41, 5.74) is 0. The van der Waals surface area contributed by atoms with Crippen LogP contribution in [0.2, 0.25) is 0 Å². The highest BCUT2D eigenvalue weighted by atomic mass is 79.9. The van der Waals surface area contributed by atoms with Crippen LogP contribution in [0.5, 0.6) is 0 Å². The molecule has 0 aromatic heterocycles.